The first-order valence-corrected chi connectivity index (χ1v) is 12.2. The van der Waals surface area contributed by atoms with Crippen molar-refractivity contribution in [3.63, 3.8) is 0 Å². The fourth-order valence-electron chi connectivity index (χ4n) is 3.73. The number of halogens is 4. The fraction of sp³-hybridized carbons (Fsp3) is 0.417. The normalized spacial score (nSPS) is 16.7. The monoisotopic (exact) mass is 553 g/mol. The fourth-order valence-corrected chi connectivity index (χ4v) is 3.73. The lowest BCUT2D eigenvalue weighted by atomic mass is 10.1. The van der Waals surface area contributed by atoms with Crippen molar-refractivity contribution < 1.29 is 36.6 Å². The van der Waals surface area contributed by atoms with Gasteiger partial charge in [0.05, 0.1) is 18.2 Å². The van der Waals surface area contributed by atoms with Gasteiger partial charge in [0.15, 0.2) is 5.82 Å². The number of rotatable bonds is 12. The van der Waals surface area contributed by atoms with E-state index in [0.29, 0.717) is 30.9 Å². The summed E-state index contributed by atoms with van der Waals surface area (Å²) in [5.41, 5.74) is 6.60. The molecule has 1 fully saturated rings. The van der Waals surface area contributed by atoms with E-state index >= 15 is 0 Å². The van der Waals surface area contributed by atoms with Crippen molar-refractivity contribution in [2.45, 2.75) is 44.6 Å². The zero-order valence-electron chi connectivity index (χ0n) is 20.7. The number of aryl methyl sites for hydroxylation is 1. The van der Waals surface area contributed by atoms with Crippen molar-refractivity contribution in [3.8, 4) is 5.75 Å². The van der Waals surface area contributed by atoms with Gasteiger partial charge in [0.25, 0.3) is 5.91 Å². The summed E-state index contributed by atoms with van der Waals surface area (Å²) in [6.07, 6.45) is -0.524. The van der Waals surface area contributed by atoms with Crippen molar-refractivity contribution in [1.29, 1.82) is 0 Å². The molecular formula is C24H27F4N7O4. The quantitative estimate of drug-likeness (QED) is 0.231. The first kappa shape index (κ1) is 28.0. The zero-order valence-corrected chi connectivity index (χ0v) is 20.7. The summed E-state index contributed by atoms with van der Waals surface area (Å²) in [6, 6.07) is 5.67. The first-order chi connectivity index (χ1) is 18.6. The van der Waals surface area contributed by atoms with Crippen molar-refractivity contribution >= 4 is 17.6 Å². The van der Waals surface area contributed by atoms with E-state index in [9.17, 15) is 27.2 Å². The number of carbonyl (C=O) groups excluding carboxylic acids is 2. The molecule has 1 aromatic carbocycles. The van der Waals surface area contributed by atoms with E-state index in [0.717, 1.165) is 44.1 Å². The minimum absolute atomic E-state index is 0.0889. The average Bonchev–Trinajstić information content (AvgIpc) is 3.32. The molecule has 2 amide bonds. The molecule has 2 aliphatic rings. The highest BCUT2D eigenvalue weighted by molar-refractivity contribution is 5.93. The molecule has 0 saturated carbocycles. The van der Waals surface area contributed by atoms with Gasteiger partial charge >= 0.3 is 6.36 Å². The SMILES string of the molecule is O=C(Cc1cc(OC(F)(F)F)ccc1F)Nc1ccc(CCCCN2C=C(C(=O)NCC3CCO3)NN2)nn1. The number of nitrogens with one attached hydrogen (secondary N) is 4. The molecular weight excluding hydrogens is 526 g/mol. The number of hydrogen-bond acceptors (Lipinski definition) is 9. The summed E-state index contributed by atoms with van der Waals surface area (Å²) in [7, 11) is 0. The molecule has 1 saturated heterocycles. The second kappa shape index (κ2) is 12.7. The zero-order chi connectivity index (χ0) is 27.8. The van der Waals surface area contributed by atoms with Crippen LogP contribution in [0.3, 0.4) is 0 Å². The minimum atomic E-state index is -4.93. The van der Waals surface area contributed by atoms with Gasteiger partial charge in [0.2, 0.25) is 5.91 Å². The molecule has 2 aliphatic heterocycles. The van der Waals surface area contributed by atoms with E-state index in [4.69, 9.17) is 4.74 Å². The molecule has 210 valence electrons. The van der Waals surface area contributed by atoms with Crippen molar-refractivity contribution in [3.05, 3.63) is 59.3 Å². The molecule has 1 unspecified atom stereocenters. The van der Waals surface area contributed by atoms with Crippen LogP contribution in [0.2, 0.25) is 0 Å². The summed E-state index contributed by atoms with van der Waals surface area (Å²) >= 11 is 0. The second-order valence-electron chi connectivity index (χ2n) is 8.86. The molecule has 4 N–H and O–H groups in total. The van der Waals surface area contributed by atoms with E-state index in [-0.39, 0.29) is 23.4 Å². The molecule has 0 radical (unpaired) electrons. The van der Waals surface area contributed by atoms with E-state index in [1.54, 1.807) is 17.3 Å². The van der Waals surface area contributed by atoms with E-state index in [1.165, 1.54) is 6.07 Å². The summed E-state index contributed by atoms with van der Waals surface area (Å²) in [4.78, 5) is 24.4. The van der Waals surface area contributed by atoms with Crippen LogP contribution in [0.25, 0.3) is 0 Å². The van der Waals surface area contributed by atoms with Gasteiger partial charge in [0, 0.05) is 31.5 Å². The number of benzene rings is 1. The van der Waals surface area contributed by atoms with E-state index < -0.39 is 30.3 Å². The van der Waals surface area contributed by atoms with Crippen molar-refractivity contribution in [2.75, 3.05) is 25.0 Å². The Bertz CT molecular complexity index is 1190. The number of alkyl halides is 3. The van der Waals surface area contributed by atoms with Crippen LogP contribution in [-0.2, 0) is 27.2 Å². The van der Waals surface area contributed by atoms with E-state index in [2.05, 4.69) is 36.5 Å². The molecule has 3 heterocycles. The number of anilines is 1. The lowest BCUT2D eigenvalue weighted by Gasteiger charge is -2.26. The average molecular weight is 554 g/mol. The van der Waals surface area contributed by atoms with Gasteiger partial charge in [-0.2, -0.15) is 5.10 Å². The maximum absolute atomic E-state index is 13.9. The number of hydrazine groups is 2. The molecule has 1 atom stereocenters. The van der Waals surface area contributed by atoms with E-state index in [1.807, 2.05) is 0 Å². The van der Waals surface area contributed by atoms with Crippen LogP contribution < -0.4 is 26.3 Å². The molecule has 2 aromatic rings. The van der Waals surface area contributed by atoms with Crippen LogP contribution in [0, 0.1) is 5.82 Å². The number of amides is 2. The number of aromatic nitrogens is 2. The summed E-state index contributed by atoms with van der Waals surface area (Å²) in [6.45, 7) is 1.86. The van der Waals surface area contributed by atoms with Gasteiger partial charge in [0.1, 0.15) is 17.3 Å². The molecule has 0 bridgehead atoms. The lowest BCUT2D eigenvalue weighted by molar-refractivity contribution is -0.274. The molecule has 4 rings (SSSR count). The Hall–Kier alpha value is -3.98. The third-order valence-electron chi connectivity index (χ3n) is 5.82. The van der Waals surface area contributed by atoms with Crippen molar-refractivity contribution in [2.24, 2.45) is 0 Å². The molecule has 39 heavy (non-hydrogen) atoms. The maximum Gasteiger partial charge on any atom is 0.573 e. The Morgan fingerprint density at radius 2 is 2.00 bits per heavy atom. The summed E-state index contributed by atoms with van der Waals surface area (Å²) < 4.78 is 60.1. The standard InChI is InChI=1S/C24H27F4N7O4/c25-19-6-5-17(39-24(26,27)28)11-15(19)12-22(36)30-21-7-4-16(31-33-21)3-1-2-9-35-14-20(32-34-35)23(37)29-13-18-8-10-38-18/h4-7,11,14,18,32,34H,1-3,8-10,12-13H2,(H,29,37)(H,30,33,36). The van der Waals surface area contributed by atoms with Crippen LogP contribution in [-0.4, -0.2) is 59.2 Å². The number of ether oxygens (including phenoxy) is 2. The van der Waals surface area contributed by atoms with Crippen LogP contribution in [0.15, 0.2) is 42.2 Å². The minimum Gasteiger partial charge on any atom is -0.406 e. The molecule has 11 nitrogen and oxygen atoms in total. The largest absolute Gasteiger partial charge is 0.573 e. The van der Waals surface area contributed by atoms with Gasteiger partial charge in [-0.15, -0.1) is 23.8 Å². The molecule has 15 heteroatoms. The highest BCUT2D eigenvalue weighted by Crippen LogP contribution is 2.25. The predicted octanol–water partition coefficient (Wildman–Crippen LogP) is 2.09. The Labute approximate surface area is 220 Å². The first-order valence-electron chi connectivity index (χ1n) is 12.2. The van der Waals surface area contributed by atoms with Gasteiger partial charge in [-0.05, 0) is 56.0 Å². The highest BCUT2D eigenvalue weighted by Gasteiger charge is 2.31. The Kier molecular flexibility index (Phi) is 9.14. The number of carbonyl (C=O) groups is 2. The van der Waals surface area contributed by atoms with Crippen LogP contribution in [0.4, 0.5) is 23.4 Å². The number of nitrogens with zero attached hydrogens (tertiary/aromatic N) is 3. The van der Waals surface area contributed by atoms with Crippen LogP contribution >= 0.6 is 0 Å². The predicted molar refractivity (Wildman–Crippen MR) is 129 cm³/mol. The number of hydrogen-bond donors (Lipinski definition) is 4. The second-order valence-corrected chi connectivity index (χ2v) is 8.86. The Balaban J connectivity index is 1.16. The number of unbranched alkanes of at least 4 members (excludes halogenated alkanes) is 1. The Morgan fingerprint density at radius 1 is 1.18 bits per heavy atom. The van der Waals surface area contributed by atoms with Crippen molar-refractivity contribution in [1.82, 2.24) is 31.5 Å². The topological polar surface area (TPSA) is 130 Å². The maximum atomic E-state index is 13.9. The van der Waals surface area contributed by atoms with Gasteiger partial charge < -0.3 is 20.1 Å². The van der Waals surface area contributed by atoms with Crippen LogP contribution in [0.1, 0.15) is 30.5 Å². The molecule has 1 aromatic heterocycles. The third kappa shape index (κ3) is 8.78. The summed E-state index contributed by atoms with van der Waals surface area (Å²) in [5, 5.41) is 15.0. The van der Waals surface area contributed by atoms with Gasteiger partial charge in [-0.25, -0.2) is 4.39 Å². The van der Waals surface area contributed by atoms with Gasteiger partial charge in [-0.3, -0.25) is 20.0 Å². The lowest BCUT2D eigenvalue weighted by Crippen LogP contribution is -2.43. The van der Waals surface area contributed by atoms with Crippen LogP contribution in [0.5, 0.6) is 5.75 Å². The molecule has 0 spiro atoms. The highest BCUT2D eigenvalue weighted by atomic mass is 19.4. The van der Waals surface area contributed by atoms with Gasteiger partial charge in [-0.1, -0.05) is 0 Å². The summed E-state index contributed by atoms with van der Waals surface area (Å²) in [5.74, 6) is -2.22. The molecule has 0 aliphatic carbocycles. The Morgan fingerprint density at radius 3 is 2.69 bits per heavy atom. The third-order valence-corrected chi connectivity index (χ3v) is 5.82. The smallest absolute Gasteiger partial charge is 0.406 e.